The number of rotatable bonds is 6. The molecule has 1 aromatic heterocycles. The van der Waals surface area contributed by atoms with Crippen LogP contribution in [0.15, 0.2) is 4.79 Å². The first-order chi connectivity index (χ1) is 9.24. The smallest absolute Gasteiger partial charge is 0.230 e. The number of aromatic hydroxyl groups is 1. The van der Waals surface area contributed by atoms with E-state index < -0.39 is 0 Å². The molecule has 0 aliphatic heterocycles. The van der Waals surface area contributed by atoms with E-state index >= 15 is 0 Å². The molecule has 1 heterocycles. The molecule has 0 radical (unpaired) electrons. The van der Waals surface area contributed by atoms with Crippen molar-refractivity contribution in [3.8, 4) is 5.75 Å². The highest BCUT2D eigenvalue weighted by atomic mass is 16.3. The van der Waals surface area contributed by atoms with Crippen LogP contribution >= 0.6 is 0 Å². The summed E-state index contributed by atoms with van der Waals surface area (Å²) in [5.74, 6) is -0.0826. The molecule has 19 heavy (non-hydrogen) atoms. The van der Waals surface area contributed by atoms with Crippen LogP contribution in [0.4, 0.5) is 0 Å². The molecule has 0 saturated heterocycles. The van der Waals surface area contributed by atoms with Crippen molar-refractivity contribution >= 4 is 12.2 Å². The van der Waals surface area contributed by atoms with Crippen LogP contribution in [-0.2, 0) is 6.42 Å². The van der Waals surface area contributed by atoms with Gasteiger partial charge in [-0.3, -0.25) is 4.79 Å². The number of aryl methyl sites for hydroxylation is 1. The van der Waals surface area contributed by atoms with Gasteiger partial charge in [-0.2, -0.15) is 0 Å². The van der Waals surface area contributed by atoms with E-state index in [0.717, 1.165) is 37.5 Å². The summed E-state index contributed by atoms with van der Waals surface area (Å²) in [7, 11) is 0. The molecule has 0 fully saturated rings. The Bertz CT molecular complexity index is 598. The van der Waals surface area contributed by atoms with Gasteiger partial charge in [0.05, 0.1) is 5.69 Å². The summed E-state index contributed by atoms with van der Waals surface area (Å²) >= 11 is 0. The predicted molar refractivity (Wildman–Crippen MR) is 78.6 cm³/mol. The minimum Gasteiger partial charge on any atom is -0.503 e. The summed E-state index contributed by atoms with van der Waals surface area (Å²) in [5, 5.41) is 11.5. The maximum Gasteiger partial charge on any atom is 0.230 e. The van der Waals surface area contributed by atoms with Crippen molar-refractivity contribution < 1.29 is 5.11 Å². The van der Waals surface area contributed by atoms with Crippen LogP contribution in [-0.4, -0.2) is 10.1 Å². The number of H-pyrrole nitrogens is 1. The second-order valence-corrected chi connectivity index (χ2v) is 5.26. The molecule has 1 aliphatic rings. The number of hydrogen-bond acceptors (Lipinski definition) is 2. The standard InChI is InChI=1S/C16H23NO2/c1-2-3-4-5-6-11-14-16(19)15(18)12-9-7-8-10-13(12)17-14/h9-10,17,19H,2-8,11H2,1H3. The fourth-order valence-corrected chi connectivity index (χ4v) is 2.58. The van der Waals surface area contributed by atoms with Crippen molar-refractivity contribution in [2.75, 3.05) is 0 Å². The Hall–Kier alpha value is -1.51. The first-order valence-corrected chi connectivity index (χ1v) is 7.38. The van der Waals surface area contributed by atoms with E-state index in [1.807, 2.05) is 6.08 Å². The Balaban J connectivity index is 2.14. The molecule has 2 rings (SSSR count). The largest absolute Gasteiger partial charge is 0.503 e. The Labute approximate surface area is 113 Å². The number of aromatic nitrogens is 1. The number of fused-ring (bicyclic) bond motifs is 1. The summed E-state index contributed by atoms with van der Waals surface area (Å²) in [6.07, 6.45) is 12.5. The van der Waals surface area contributed by atoms with Crippen molar-refractivity contribution in [1.29, 1.82) is 0 Å². The Kier molecular flexibility index (Phi) is 4.83. The Morgan fingerprint density at radius 2 is 1.89 bits per heavy atom. The maximum absolute atomic E-state index is 12.0. The summed E-state index contributed by atoms with van der Waals surface area (Å²) in [6, 6.07) is 0. The third-order valence-electron chi connectivity index (χ3n) is 3.72. The molecule has 0 atom stereocenters. The number of aromatic amines is 1. The lowest BCUT2D eigenvalue weighted by Crippen LogP contribution is -2.42. The summed E-state index contributed by atoms with van der Waals surface area (Å²) in [6.45, 7) is 2.19. The number of nitrogens with one attached hydrogen (secondary N) is 1. The molecular weight excluding hydrogens is 238 g/mol. The molecule has 1 aliphatic carbocycles. The highest BCUT2D eigenvalue weighted by Gasteiger charge is 2.09. The highest BCUT2D eigenvalue weighted by Crippen LogP contribution is 2.11. The van der Waals surface area contributed by atoms with E-state index in [1.54, 1.807) is 0 Å². The molecule has 0 aromatic carbocycles. The second-order valence-electron chi connectivity index (χ2n) is 5.26. The summed E-state index contributed by atoms with van der Waals surface area (Å²) < 4.78 is 0. The van der Waals surface area contributed by atoms with E-state index in [0.29, 0.717) is 10.9 Å². The average molecular weight is 261 g/mol. The fraction of sp³-hybridized carbons (Fsp3) is 0.562. The van der Waals surface area contributed by atoms with Gasteiger partial charge in [-0.05, 0) is 25.7 Å². The van der Waals surface area contributed by atoms with Crippen molar-refractivity contribution in [3.05, 3.63) is 26.5 Å². The lowest BCUT2D eigenvalue weighted by Gasteiger charge is -2.07. The van der Waals surface area contributed by atoms with Crippen LogP contribution in [0.2, 0.25) is 0 Å². The van der Waals surface area contributed by atoms with Gasteiger partial charge in [0.1, 0.15) is 0 Å². The van der Waals surface area contributed by atoms with E-state index in [-0.39, 0.29) is 11.2 Å². The molecule has 0 bridgehead atoms. The van der Waals surface area contributed by atoms with Crippen molar-refractivity contribution in [2.45, 2.75) is 58.3 Å². The minimum atomic E-state index is -0.215. The topological polar surface area (TPSA) is 53.1 Å². The van der Waals surface area contributed by atoms with Gasteiger partial charge >= 0.3 is 0 Å². The van der Waals surface area contributed by atoms with Crippen LogP contribution < -0.4 is 16.0 Å². The van der Waals surface area contributed by atoms with Crippen LogP contribution in [0.5, 0.6) is 5.75 Å². The van der Waals surface area contributed by atoms with Crippen LogP contribution in [0.1, 0.15) is 57.6 Å². The Morgan fingerprint density at radius 1 is 1.16 bits per heavy atom. The molecule has 0 unspecified atom stereocenters. The van der Waals surface area contributed by atoms with Gasteiger partial charge in [0, 0.05) is 10.6 Å². The first kappa shape index (κ1) is 13.9. The van der Waals surface area contributed by atoms with Crippen molar-refractivity contribution in [3.63, 3.8) is 0 Å². The van der Waals surface area contributed by atoms with Crippen LogP contribution in [0.3, 0.4) is 0 Å². The second kappa shape index (κ2) is 6.60. The average Bonchev–Trinajstić information content (AvgIpc) is 2.44. The van der Waals surface area contributed by atoms with Crippen LogP contribution in [0, 0.1) is 0 Å². The normalized spacial score (nSPS) is 13.5. The molecule has 0 amide bonds. The van der Waals surface area contributed by atoms with E-state index in [2.05, 4.69) is 18.0 Å². The third kappa shape index (κ3) is 3.28. The van der Waals surface area contributed by atoms with Crippen LogP contribution in [0.25, 0.3) is 12.2 Å². The van der Waals surface area contributed by atoms with E-state index in [1.165, 1.54) is 19.3 Å². The lowest BCUT2D eigenvalue weighted by molar-refractivity contribution is 0.454. The molecule has 0 spiro atoms. The zero-order valence-electron chi connectivity index (χ0n) is 11.7. The molecule has 1 aromatic rings. The predicted octanol–water partition coefficient (Wildman–Crippen LogP) is 1.95. The fourth-order valence-electron chi connectivity index (χ4n) is 2.58. The highest BCUT2D eigenvalue weighted by molar-refractivity contribution is 5.40. The lowest BCUT2D eigenvalue weighted by atomic mass is 10.1. The van der Waals surface area contributed by atoms with E-state index in [4.69, 9.17) is 0 Å². The zero-order chi connectivity index (χ0) is 13.7. The molecular formula is C16H23NO2. The molecule has 104 valence electrons. The molecule has 2 N–H and O–H groups in total. The van der Waals surface area contributed by atoms with Gasteiger partial charge in [0.2, 0.25) is 5.43 Å². The van der Waals surface area contributed by atoms with Gasteiger partial charge in [0.15, 0.2) is 5.75 Å². The van der Waals surface area contributed by atoms with Crippen molar-refractivity contribution in [1.82, 2.24) is 4.98 Å². The third-order valence-corrected chi connectivity index (χ3v) is 3.72. The molecule has 3 heteroatoms. The van der Waals surface area contributed by atoms with Gasteiger partial charge in [-0.25, -0.2) is 0 Å². The van der Waals surface area contributed by atoms with E-state index in [9.17, 15) is 9.90 Å². The van der Waals surface area contributed by atoms with Gasteiger partial charge in [-0.15, -0.1) is 0 Å². The summed E-state index contributed by atoms with van der Waals surface area (Å²) in [5.41, 5.74) is 0.486. The Morgan fingerprint density at radius 3 is 2.68 bits per heavy atom. The quantitative estimate of drug-likeness (QED) is 0.769. The minimum absolute atomic E-state index is 0.0826. The number of hydrogen-bond donors (Lipinski definition) is 2. The molecule has 0 saturated carbocycles. The van der Waals surface area contributed by atoms with Crippen molar-refractivity contribution in [2.24, 2.45) is 0 Å². The van der Waals surface area contributed by atoms with Gasteiger partial charge in [0.25, 0.3) is 0 Å². The first-order valence-electron chi connectivity index (χ1n) is 7.38. The SMILES string of the molecule is CCCCCCCc1[nH]c2c(c(=O)c1O)=CCCC=2. The maximum atomic E-state index is 12.0. The zero-order valence-corrected chi connectivity index (χ0v) is 11.7. The summed E-state index contributed by atoms with van der Waals surface area (Å²) in [4.78, 5) is 15.3. The van der Waals surface area contributed by atoms with Gasteiger partial charge < -0.3 is 10.1 Å². The number of unbranched alkanes of at least 4 members (excludes halogenated alkanes) is 4. The monoisotopic (exact) mass is 261 g/mol. The number of pyridine rings is 1. The van der Waals surface area contributed by atoms with Gasteiger partial charge in [-0.1, -0.05) is 44.8 Å². The molecule has 3 nitrogen and oxygen atoms in total.